The minimum Gasteiger partial charge on any atom is -0.493 e. The molecule has 0 N–H and O–H groups in total. The number of carbonyl (C=O) groups is 1. The van der Waals surface area contributed by atoms with Gasteiger partial charge in [-0.05, 0) is 50.8 Å². The van der Waals surface area contributed by atoms with Crippen LogP contribution in [-0.2, 0) is 0 Å². The topological polar surface area (TPSA) is 68.5 Å². The highest BCUT2D eigenvalue weighted by Gasteiger charge is 2.27. The summed E-state index contributed by atoms with van der Waals surface area (Å²) in [6.07, 6.45) is 1.88. The fraction of sp³-hybridized carbons (Fsp3) is 0.381. The van der Waals surface area contributed by atoms with Crippen molar-refractivity contribution < 1.29 is 14.1 Å². The highest BCUT2D eigenvalue weighted by molar-refractivity contribution is 6.06. The number of nitrogens with zero attached hydrogens (tertiary/aromatic N) is 3. The van der Waals surface area contributed by atoms with Crippen LogP contribution in [0.5, 0.6) is 5.75 Å². The molecule has 0 unspecified atom stereocenters. The van der Waals surface area contributed by atoms with Crippen LogP contribution in [0.2, 0.25) is 0 Å². The first-order valence-electron chi connectivity index (χ1n) is 9.32. The van der Waals surface area contributed by atoms with Crippen molar-refractivity contribution in [3.05, 3.63) is 53.3 Å². The van der Waals surface area contributed by atoms with Crippen molar-refractivity contribution in [1.82, 2.24) is 15.0 Å². The minimum absolute atomic E-state index is 0.0271. The Balaban J connectivity index is 1.41. The van der Waals surface area contributed by atoms with E-state index in [1.54, 1.807) is 0 Å². The molecule has 140 valence electrons. The largest absolute Gasteiger partial charge is 0.493 e. The Labute approximate surface area is 158 Å². The number of fused-ring (bicyclic) bond motifs is 1. The molecule has 6 nitrogen and oxygen atoms in total. The molecule has 3 aromatic rings. The molecule has 0 spiro atoms. The van der Waals surface area contributed by atoms with Gasteiger partial charge in [0.15, 0.2) is 0 Å². The summed E-state index contributed by atoms with van der Waals surface area (Å²) in [7, 11) is 0. The third kappa shape index (κ3) is 3.65. The summed E-state index contributed by atoms with van der Waals surface area (Å²) in [6, 6.07) is 11.7. The normalized spacial score (nSPS) is 15.3. The second kappa shape index (κ2) is 7.39. The molecule has 0 saturated carbocycles. The van der Waals surface area contributed by atoms with Crippen molar-refractivity contribution in [2.45, 2.75) is 26.7 Å². The molecule has 27 heavy (non-hydrogen) atoms. The average molecular weight is 365 g/mol. The Bertz CT molecular complexity index is 944. The summed E-state index contributed by atoms with van der Waals surface area (Å²) in [5.74, 6) is 1.39. The molecular weight excluding hydrogens is 342 g/mol. The van der Waals surface area contributed by atoms with Crippen molar-refractivity contribution in [2.75, 3.05) is 19.7 Å². The molecule has 0 atom stereocenters. The Kier molecular flexibility index (Phi) is 4.79. The Morgan fingerprint density at radius 1 is 1.22 bits per heavy atom. The van der Waals surface area contributed by atoms with Crippen LogP contribution in [0.25, 0.3) is 11.1 Å². The van der Waals surface area contributed by atoms with E-state index in [1.165, 1.54) is 0 Å². The number of rotatable bonds is 4. The van der Waals surface area contributed by atoms with Crippen LogP contribution in [0.15, 0.2) is 40.9 Å². The van der Waals surface area contributed by atoms with Crippen molar-refractivity contribution in [2.24, 2.45) is 5.92 Å². The summed E-state index contributed by atoms with van der Waals surface area (Å²) in [5.41, 5.74) is 2.53. The molecule has 6 heteroatoms. The summed E-state index contributed by atoms with van der Waals surface area (Å²) in [6.45, 7) is 5.85. The lowest BCUT2D eigenvalue weighted by molar-refractivity contribution is 0.0662. The van der Waals surface area contributed by atoms with Gasteiger partial charge in [-0.15, -0.1) is 0 Å². The van der Waals surface area contributed by atoms with E-state index in [1.807, 2.05) is 55.1 Å². The van der Waals surface area contributed by atoms with Crippen LogP contribution in [0.4, 0.5) is 0 Å². The SMILES string of the molecule is Cc1cc(C(=O)N2CCC(COc3ccccc3)CC2)c2c(C)noc2n1. The summed E-state index contributed by atoms with van der Waals surface area (Å²) >= 11 is 0. The number of likely N-dealkylation sites (tertiary alicyclic amines) is 1. The van der Waals surface area contributed by atoms with Gasteiger partial charge in [-0.25, -0.2) is 4.98 Å². The molecule has 1 fully saturated rings. The molecule has 1 saturated heterocycles. The quantitative estimate of drug-likeness (QED) is 0.704. The van der Waals surface area contributed by atoms with E-state index in [4.69, 9.17) is 9.26 Å². The van der Waals surface area contributed by atoms with Crippen LogP contribution < -0.4 is 4.74 Å². The van der Waals surface area contributed by atoms with Gasteiger partial charge in [-0.3, -0.25) is 4.79 Å². The lowest BCUT2D eigenvalue weighted by Crippen LogP contribution is -2.39. The number of pyridine rings is 1. The van der Waals surface area contributed by atoms with E-state index >= 15 is 0 Å². The fourth-order valence-corrected chi connectivity index (χ4v) is 3.59. The molecule has 1 amide bonds. The van der Waals surface area contributed by atoms with Crippen LogP contribution in [0.1, 0.15) is 34.6 Å². The van der Waals surface area contributed by atoms with Crippen LogP contribution in [0, 0.1) is 19.8 Å². The molecule has 0 aliphatic carbocycles. The molecule has 1 aromatic carbocycles. The molecule has 0 bridgehead atoms. The van der Waals surface area contributed by atoms with Gasteiger partial charge in [0.25, 0.3) is 11.6 Å². The number of hydrogen-bond donors (Lipinski definition) is 0. The maximum atomic E-state index is 13.1. The van der Waals surface area contributed by atoms with Gasteiger partial charge < -0.3 is 14.2 Å². The predicted molar refractivity (Wildman–Crippen MR) is 102 cm³/mol. The summed E-state index contributed by atoms with van der Waals surface area (Å²) < 4.78 is 11.1. The highest BCUT2D eigenvalue weighted by atomic mass is 16.5. The third-order valence-electron chi connectivity index (χ3n) is 5.11. The zero-order valence-electron chi connectivity index (χ0n) is 15.6. The van der Waals surface area contributed by atoms with Gasteiger partial charge >= 0.3 is 0 Å². The standard InChI is InChI=1S/C21H23N3O3/c1-14-12-18(19-15(2)23-27-20(19)22-14)21(25)24-10-8-16(9-11-24)13-26-17-6-4-3-5-7-17/h3-7,12,16H,8-11,13H2,1-2H3. The zero-order chi connectivity index (χ0) is 18.8. The Morgan fingerprint density at radius 2 is 1.96 bits per heavy atom. The fourth-order valence-electron chi connectivity index (χ4n) is 3.59. The smallest absolute Gasteiger partial charge is 0.258 e. The van der Waals surface area contributed by atoms with E-state index in [2.05, 4.69) is 10.1 Å². The number of benzene rings is 1. The third-order valence-corrected chi connectivity index (χ3v) is 5.11. The van der Waals surface area contributed by atoms with Crippen molar-refractivity contribution in [3.8, 4) is 5.75 Å². The molecule has 3 heterocycles. The van der Waals surface area contributed by atoms with E-state index in [9.17, 15) is 4.79 Å². The summed E-state index contributed by atoms with van der Waals surface area (Å²) in [5, 5.41) is 4.69. The lowest BCUT2D eigenvalue weighted by Gasteiger charge is -2.32. The molecule has 1 aliphatic rings. The van der Waals surface area contributed by atoms with Gasteiger partial charge in [-0.1, -0.05) is 23.4 Å². The minimum atomic E-state index is 0.0271. The number of aromatic nitrogens is 2. The second-order valence-corrected chi connectivity index (χ2v) is 7.12. The van der Waals surface area contributed by atoms with Gasteiger partial charge in [0.05, 0.1) is 23.3 Å². The molecule has 0 radical (unpaired) electrons. The molecule has 1 aliphatic heterocycles. The van der Waals surface area contributed by atoms with E-state index in [-0.39, 0.29) is 5.91 Å². The first-order valence-corrected chi connectivity index (χ1v) is 9.32. The Hall–Kier alpha value is -2.89. The van der Waals surface area contributed by atoms with Crippen LogP contribution in [0.3, 0.4) is 0 Å². The van der Waals surface area contributed by atoms with Crippen molar-refractivity contribution >= 4 is 17.0 Å². The maximum Gasteiger partial charge on any atom is 0.258 e. The molecular formula is C21H23N3O3. The number of aryl methyl sites for hydroxylation is 2. The Morgan fingerprint density at radius 3 is 2.70 bits per heavy atom. The van der Waals surface area contributed by atoms with Gasteiger partial charge in [0, 0.05) is 18.8 Å². The van der Waals surface area contributed by atoms with Crippen molar-refractivity contribution in [3.63, 3.8) is 0 Å². The predicted octanol–water partition coefficient (Wildman–Crippen LogP) is 3.77. The maximum absolute atomic E-state index is 13.1. The van der Waals surface area contributed by atoms with E-state index < -0.39 is 0 Å². The lowest BCUT2D eigenvalue weighted by atomic mass is 9.97. The summed E-state index contributed by atoms with van der Waals surface area (Å²) in [4.78, 5) is 19.3. The second-order valence-electron chi connectivity index (χ2n) is 7.12. The number of hydrogen-bond acceptors (Lipinski definition) is 5. The van der Waals surface area contributed by atoms with Gasteiger partial charge in [0.1, 0.15) is 5.75 Å². The average Bonchev–Trinajstić information content (AvgIpc) is 3.07. The van der Waals surface area contributed by atoms with Crippen LogP contribution >= 0.6 is 0 Å². The van der Waals surface area contributed by atoms with E-state index in [0.717, 1.165) is 42.8 Å². The number of amides is 1. The highest BCUT2D eigenvalue weighted by Crippen LogP contribution is 2.26. The molecule has 2 aromatic heterocycles. The van der Waals surface area contributed by atoms with Crippen molar-refractivity contribution in [1.29, 1.82) is 0 Å². The van der Waals surface area contributed by atoms with Gasteiger partial charge in [-0.2, -0.15) is 0 Å². The molecule has 4 rings (SSSR count). The number of para-hydroxylation sites is 1. The zero-order valence-corrected chi connectivity index (χ0v) is 15.6. The number of ether oxygens (including phenoxy) is 1. The first kappa shape index (κ1) is 17.5. The van der Waals surface area contributed by atoms with Gasteiger partial charge in [0.2, 0.25) is 0 Å². The first-order chi connectivity index (χ1) is 13.1. The number of carbonyl (C=O) groups excluding carboxylic acids is 1. The number of piperidine rings is 1. The monoisotopic (exact) mass is 365 g/mol. The van der Waals surface area contributed by atoms with Crippen LogP contribution in [-0.4, -0.2) is 40.6 Å². The van der Waals surface area contributed by atoms with E-state index in [0.29, 0.717) is 29.5 Å².